The molecule has 6 nitrogen and oxygen atoms in total. The Balaban J connectivity index is 1.96. The molecule has 1 unspecified atom stereocenters. The molecule has 34 heavy (non-hydrogen) atoms. The molecule has 0 aliphatic carbocycles. The molecule has 0 bridgehead atoms. The van der Waals surface area contributed by atoms with Gasteiger partial charge in [-0.05, 0) is 61.0 Å². The maximum Gasteiger partial charge on any atom is 0.266 e. The molecule has 4 aromatic rings. The fourth-order valence-electron chi connectivity index (χ4n) is 3.79. The lowest BCUT2D eigenvalue weighted by molar-refractivity contribution is 0.347. The van der Waals surface area contributed by atoms with Crippen molar-refractivity contribution < 1.29 is 17.2 Å². The summed E-state index contributed by atoms with van der Waals surface area (Å²) in [4.78, 5) is 18.1. The standard InChI is InChI=1S/C24H20ClF2N3O3S/c1-3-22(29(2)34(32,33)17-11-8-15(26)9-12-17)23-28-21-7-5-4-6-18(21)24(31)30(23)16-10-13-20(27)19(25)14-16/h4-14,22H,3H2,1-2H3. The van der Waals surface area contributed by atoms with Crippen molar-refractivity contribution in [2.45, 2.75) is 24.3 Å². The predicted octanol–water partition coefficient (Wildman–Crippen LogP) is 5.09. The maximum absolute atomic E-state index is 13.8. The molecule has 1 atom stereocenters. The minimum absolute atomic E-state index is 0.102. The number of benzene rings is 3. The van der Waals surface area contributed by atoms with Crippen molar-refractivity contribution in [3.63, 3.8) is 0 Å². The zero-order chi connectivity index (χ0) is 24.6. The first-order valence-electron chi connectivity index (χ1n) is 10.4. The topological polar surface area (TPSA) is 72.3 Å². The number of fused-ring (bicyclic) bond motifs is 1. The van der Waals surface area contributed by atoms with E-state index in [4.69, 9.17) is 11.6 Å². The first-order valence-corrected chi connectivity index (χ1v) is 12.2. The highest BCUT2D eigenvalue weighted by Gasteiger charge is 2.32. The second kappa shape index (κ2) is 9.25. The van der Waals surface area contributed by atoms with Crippen LogP contribution in [0, 0.1) is 11.6 Å². The molecule has 0 fully saturated rings. The first-order chi connectivity index (χ1) is 16.1. The Morgan fingerprint density at radius 1 is 1.06 bits per heavy atom. The summed E-state index contributed by atoms with van der Waals surface area (Å²) in [6, 6.07) is 14.1. The summed E-state index contributed by atoms with van der Waals surface area (Å²) in [7, 11) is -2.70. The average Bonchev–Trinajstić information content (AvgIpc) is 2.82. The molecule has 0 aliphatic heterocycles. The number of nitrogens with zero attached hydrogens (tertiary/aromatic N) is 3. The van der Waals surface area contributed by atoms with Crippen molar-refractivity contribution in [1.82, 2.24) is 13.9 Å². The first kappa shape index (κ1) is 24.0. The molecular weight excluding hydrogens is 484 g/mol. The Morgan fingerprint density at radius 2 is 1.74 bits per heavy atom. The quantitative estimate of drug-likeness (QED) is 0.367. The van der Waals surface area contributed by atoms with Crippen LogP contribution in [-0.2, 0) is 10.0 Å². The predicted molar refractivity (Wildman–Crippen MR) is 127 cm³/mol. The molecular formula is C24H20ClF2N3O3S. The summed E-state index contributed by atoms with van der Waals surface area (Å²) in [6.45, 7) is 1.75. The van der Waals surface area contributed by atoms with E-state index >= 15 is 0 Å². The van der Waals surface area contributed by atoms with E-state index in [0.717, 1.165) is 22.5 Å². The van der Waals surface area contributed by atoms with Crippen LogP contribution in [0.4, 0.5) is 8.78 Å². The van der Waals surface area contributed by atoms with E-state index in [0.29, 0.717) is 10.9 Å². The molecule has 4 rings (SSSR count). The molecule has 1 aromatic heterocycles. The van der Waals surface area contributed by atoms with Gasteiger partial charge in [-0.2, -0.15) is 4.31 Å². The van der Waals surface area contributed by atoms with Crippen LogP contribution < -0.4 is 5.56 Å². The monoisotopic (exact) mass is 503 g/mol. The zero-order valence-corrected chi connectivity index (χ0v) is 19.8. The van der Waals surface area contributed by atoms with E-state index in [1.54, 1.807) is 31.2 Å². The molecule has 10 heteroatoms. The Morgan fingerprint density at radius 3 is 2.38 bits per heavy atom. The Hall–Kier alpha value is -3.14. The zero-order valence-electron chi connectivity index (χ0n) is 18.2. The van der Waals surface area contributed by atoms with Crippen LogP contribution in [-0.4, -0.2) is 29.3 Å². The van der Waals surface area contributed by atoms with Crippen molar-refractivity contribution in [3.05, 3.63) is 99.6 Å². The molecule has 1 heterocycles. The summed E-state index contributed by atoms with van der Waals surface area (Å²) in [6.07, 6.45) is 0.261. The Bertz CT molecular complexity index is 1540. The van der Waals surface area contributed by atoms with Crippen LogP contribution in [0.15, 0.2) is 76.4 Å². The molecule has 0 N–H and O–H groups in total. The van der Waals surface area contributed by atoms with Gasteiger partial charge in [0, 0.05) is 7.05 Å². The summed E-state index contributed by atoms with van der Waals surface area (Å²) in [5.74, 6) is -1.08. The number of aromatic nitrogens is 2. The van der Waals surface area contributed by atoms with Crippen LogP contribution in [0.2, 0.25) is 5.02 Å². The average molecular weight is 504 g/mol. The van der Waals surface area contributed by atoms with E-state index in [1.165, 1.54) is 35.9 Å². The van der Waals surface area contributed by atoms with Crippen molar-refractivity contribution in [1.29, 1.82) is 0 Å². The van der Waals surface area contributed by atoms with E-state index in [1.807, 2.05) is 0 Å². The third-order valence-electron chi connectivity index (χ3n) is 5.58. The highest BCUT2D eigenvalue weighted by Crippen LogP contribution is 2.30. The number of halogens is 3. The van der Waals surface area contributed by atoms with E-state index < -0.39 is 33.3 Å². The second-order valence-corrected chi connectivity index (χ2v) is 10.0. The molecule has 0 saturated heterocycles. The Kier molecular flexibility index (Phi) is 6.53. The maximum atomic E-state index is 13.8. The van der Waals surface area contributed by atoms with Gasteiger partial charge in [-0.15, -0.1) is 0 Å². The minimum Gasteiger partial charge on any atom is -0.268 e. The van der Waals surface area contributed by atoms with Crippen LogP contribution in [0.5, 0.6) is 0 Å². The van der Waals surface area contributed by atoms with Crippen LogP contribution in [0.3, 0.4) is 0 Å². The smallest absolute Gasteiger partial charge is 0.266 e. The Labute approximate surface area is 200 Å². The van der Waals surface area contributed by atoms with Gasteiger partial charge < -0.3 is 0 Å². The van der Waals surface area contributed by atoms with Gasteiger partial charge in [0.25, 0.3) is 5.56 Å². The van der Waals surface area contributed by atoms with Gasteiger partial charge in [0.05, 0.1) is 32.6 Å². The summed E-state index contributed by atoms with van der Waals surface area (Å²) >= 11 is 5.98. The van der Waals surface area contributed by atoms with Crippen LogP contribution >= 0.6 is 11.6 Å². The van der Waals surface area contributed by atoms with Gasteiger partial charge in [0.1, 0.15) is 17.5 Å². The third kappa shape index (κ3) is 4.22. The fourth-order valence-corrected chi connectivity index (χ4v) is 5.36. The largest absolute Gasteiger partial charge is 0.268 e. The van der Waals surface area contributed by atoms with Gasteiger partial charge in [0.2, 0.25) is 10.0 Å². The molecule has 176 valence electrons. The van der Waals surface area contributed by atoms with Gasteiger partial charge in [-0.1, -0.05) is 30.7 Å². The van der Waals surface area contributed by atoms with Gasteiger partial charge in [-0.25, -0.2) is 22.2 Å². The number of rotatable bonds is 6. The summed E-state index contributed by atoms with van der Waals surface area (Å²) < 4.78 is 56.2. The van der Waals surface area contributed by atoms with E-state index in [-0.39, 0.29) is 27.9 Å². The number of hydrogen-bond acceptors (Lipinski definition) is 4. The summed E-state index contributed by atoms with van der Waals surface area (Å²) in [5.41, 5.74) is 0.183. The highest BCUT2D eigenvalue weighted by atomic mass is 35.5. The molecule has 0 radical (unpaired) electrons. The van der Waals surface area contributed by atoms with Gasteiger partial charge >= 0.3 is 0 Å². The molecule has 0 saturated carbocycles. The number of para-hydroxylation sites is 1. The molecule has 0 amide bonds. The van der Waals surface area contributed by atoms with Crippen molar-refractivity contribution in [2.75, 3.05) is 7.05 Å². The van der Waals surface area contributed by atoms with Crippen molar-refractivity contribution in [2.24, 2.45) is 0 Å². The molecule has 3 aromatic carbocycles. The highest BCUT2D eigenvalue weighted by molar-refractivity contribution is 7.89. The van der Waals surface area contributed by atoms with Crippen molar-refractivity contribution >= 4 is 32.5 Å². The number of hydrogen-bond donors (Lipinski definition) is 0. The lowest BCUT2D eigenvalue weighted by atomic mass is 10.1. The lowest BCUT2D eigenvalue weighted by Gasteiger charge is -2.28. The fraction of sp³-hybridized carbons (Fsp3) is 0.167. The minimum atomic E-state index is -4.07. The van der Waals surface area contributed by atoms with Crippen LogP contribution in [0.25, 0.3) is 16.6 Å². The SMILES string of the molecule is CCC(c1nc2ccccc2c(=O)n1-c1ccc(F)c(Cl)c1)N(C)S(=O)(=O)c1ccc(F)cc1. The van der Waals surface area contributed by atoms with Gasteiger partial charge in [-0.3, -0.25) is 9.36 Å². The second-order valence-electron chi connectivity index (χ2n) is 7.63. The van der Waals surface area contributed by atoms with Gasteiger partial charge in [0.15, 0.2) is 0 Å². The van der Waals surface area contributed by atoms with E-state index in [2.05, 4.69) is 4.98 Å². The number of sulfonamides is 1. The van der Waals surface area contributed by atoms with E-state index in [9.17, 15) is 22.0 Å². The molecule has 0 spiro atoms. The normalized spacial score (nSPS) is 12.9. The molecule has 0 aliphatic rings. The van der Waals surface area contributed by atoms with Crippen LogP contribution in [0.1, 0.15) is 25.2 Å². The third-order valence-corrected chi connectivity index (χ3v) is 7.75. The lowest BCUT2D eigenvalue weighted by Crippen LogP contribution is -2.36. The summed E-state index contributed by atoms with van der Waals surface area (Å²) in [5, 5.41) is 0.120. The van der Waals surface area contributed by atoms with Crippen molar-refractivity contribution in [3.8, 4) is 5.69 Å².